The molecule has 0 aliphatic heterocycles. The van der Waals surface area contributed by atoms with Crippen LogP contribution < -0.4 is 10.5 Å². The van der Waals surface area contributed by atoms with Gasteiger partial charge in [-0.1, -0.05) is 6.07 Å². The highest BCUT2D eigenvalue weighted by Gasteiger charge is 2.22. The molecule has 1 saturated carbocycles. The summed E-state index contributed by atoms with van der Waals surface area (Å²) in [4.78, 5) is 0. The zero-order valence-corrected chi connectivity index (χ0v) is 10.3. The summed E-state index contributed by atoms with van der Waals surface area (Å²) in [6, 6.07) is 4.37. The topological polar surface area (TPSA) is 35.2 Å². The lowest BCUT2D eigenvalue weighted by Gasteiger charge is -2.13. The van der Waals surface area contributed by atoms with Crippen molar-refractivity contribution in [2.75, 3.05) is 13.2 Å². The first kappa shape index (κ1) is 11.5. The highest BCUT2D eigenvalue weighted by molar-refractivity contribution is 5.42. The molecule has 2 nitrogen and oxygen atoms in total. The zero-order chi connectivity index (χ0) is 11.5. The Morgan fingerprint density at radius 3 is 2.56 bits per heavy atom. The van der Waals surface area contributed by atoms with Crippen molar-refractivity contribution in [1.82, 2.24) is 0 Å². The maximum Gasteiger partial charge on any atom is 0.122 e. The Labute approximate surface area is 97.8 Å². The Bertz CT molecular complexity index is 369. The van der Waals surface area contributed by atoms with Gasteiger partial charge in [-0.15, -0.1) is 0 Å². The zero-order valence-electron chi connectivity index (χ0n) is 10.3. The number of benzene rings is 1. The first-order chi connectivity index (χ1) is 7.70. The van der Waals surface area contributed by atoms with Crippen molar-refractivity contribution in [3.05, 3.63) is 28.8 Å². The largest absolute Gasteiger partial charge is 0.493 e. The van der Waals surface area contributed by atoms with E-state index in [1.54, 1.807) is 0 Å². The summed E-state index contributed by atoms with van der Waals surface area (Å²) >= 11 is 0. The molecule has 2 heteroatoms. The molecule has 0 aromatic heterocycles. The molecule has 0 amide bonds. The van der Waals surface area contributed by atoms with Gasteiger partial charge in [0.2, 0.25) is 0 Å². The van der Waals surface area contributed by atoms with Gasteiger partial charge in [0.1, 0.15) is 5.75 Å². The van der Waals surface area contributed by atoms with E-state index in [9.17, 15) is 0 Å². The quantitative estimate of drug-likeness (QED) is 0.826. The maximum atomic E-state index is 5.89. The predicted octanol–water partition coefficient (Wildman–Crippen LogP) is 2.59. The number of aryl methyl sites for hydroxylation is 2. The Hall–Kier alpha value is -1.02. The Kier molecular flexibility index (Phi) is 3.49. The van der Waals surface area contributed by atoms with Crippen LogP contribution in [0.4, 0.5) is 0 Å². The molecule has 1 fully saturated rings. The van der Waals surface area contributed by atoms with Crippen LogP contribution in [-0.4, -0.2) is 13.2 Å². The lowest BCUT2D eigenvalue weighted by molar-refractivity contribution is 0.296. The molecule has 1 aromatic rings. The predicted molar refractivity (Wildman–Crippen MR) is 66.9 cm³/mol. The standard InChI is InChI=1S/C14H21NO/c1-10-7-13(5-6-15)14(8-11(10)2)16-9-12-3-4-12/h7-8,12H,3-6,9,15H2,1-2H3. The molecular weight excluding hydrogens is 198 g/mol. The molecule has 1 aliphatic rings. The third-order valence-electron chi connectivity index (χ3n) is 3.26. The molecule has 0 radical (unpaired) electrons. The van der Waals surface area contributed by atoms with E-state index in [4.69, 9.17) is 10.5 Å². The summed E-state index contributed by atoms with van der Waals surface area (Å²) in [6.07, 6.45) is 3.56. The second-order valence-electron chi connectivity index (χ2n) is 4.84. The molecule has 0 bridgehead atoms. The van der Waals surface area contributed by atoms with Crippen molar-refractivity contribution in [2.45, 2.75) is 33.1 Å². The van der Waals surface area contributed by atoms with Crippen molar-refractivity contribution in [1.29, 1.82) is 0 Å². The van der Waals surface area contributed by atoms with Crippen LogP contribution in [0.3, 0.4) is 0 Å². The Morgan fingerprint density at radius 2 is 1.94 bits per heavy atom. The van der Waals surface area contributed by atoms with E-state index < -0.39 is 0 Å². The summed E-state index contributed by atoms with van der Waals surface area (Å²) < 4.78 is 5.89. The van der Waals surface area contributed by atoms with Gasteiger partial charge in [0.05, 0.1) is 6.61 Å². The van der Waals surface area contributed by atoms with Gasteiger partial charge in [0.25, 0.3) is 0 Å². The van der Waals surface area contributed by atoms with Gasteiger partial charge in [0, 0.05) is 0 Å². The van der Waals surface area contributed by atoms with Crippen molar-refractivity contribution >= 4 is 0 Å². The smallest absolute Gasteiger partial charge is 0.122 e. The van der Waals surface area contributed by atoms with Gasteiger partial charge in [0.15, 0.2) is 0 Å². The van der Waals surface area contributed by atoms with Crippen LogP contribution in [-0.2, 0) is 6.42 Å². The van der Waals surface area contributed by atoms with Crippen LogP contribution in [0.5, 0.6) is 5.75 Å². The lowest BCUT2D eigenvalue weighted by atomic mass is 10.0. The monoisotopic (exact) mass is 219 g/mol. The minimum absolute atomic E-state index is 0.683. The summed E-state index contributed by atoms with van der Waals surface area (Å²) in [6.45, 7) is 5.83. The molecule has 2 rings (SSSR count). The first-order valence-corrected chi connectivity index (χ1v) is 6.13. The normalized spacial score (nSPS) is 15.2. The molecule has 88 valence electrons. The molecule has 0 heterocycles. The molecule has 0 saturated heterocycles. The molecule has 1 aliphatic carbocycles. The van der Waals surface area contributed by atoms with Crippen LogP contribution in [0.15, 0.2) is 12.1 Å². The van der Waals surface area contributed by atoms with E-state index >= 15 is 0 Å². The Balaban J connectivity index is 2.14. The molecule has 2 N–H and O–H groups in total. The van der Waals surface area contributed by atoms with Crippen molar-refractivity contribution < 1.29 is 4.74 Å². The van der Waals surface area contributed by atoms with E-state index in [2.05, 4.69) is 26.0 Å². The highest BCUT2D eigenvalue weighted by atomic mass is 16.5. The van der Waals surface area contributed by atoms with E-state index in [1.807, 2.05) is 0 Å². The minimum atomic E-state index is 0.683. The van der Waals surface area contributed by atoms with Gasteiger partial charge in [-0.05, 0) is 68.3 Å². The van der Waals surface area contributed by atoms with E-state index in [-0.39, 0.29) is 0 Å². The summed E-state index contributed by atoms with van der Waals surface area (Å²) in [5.41, 5.74) is 9.51. The van der Waals surface area contributed by atoms with E-state index in [1.165, 1.54) is 29.5 Å². The highest BCUT2D eigenvalue weighted by Crippen LogP contribution is 2.31. The molecule has 16 heavy (non-hydrogen) atoms. The second kappa shape index (κ2) is 4.88. The molecule has 0 unspecified atom stereocenters. The van der Waals surface area contributed by atoms with Crippen molar-refractivity contribution in [3.8, 4) is 5.75 Å². The fourth-order valence-electron chi connectivity index (χ4n) is 1.83. The van der Waals surface area contributed by atoms with Crippen LogP contribution >= 0.6 is 0 Å². The number of hydrogen-bond acceptors (Lipinski definition) is 2. The van der Waals surface area contributed by atoms with Crippen LogP contribution in [0, 0.1) is 19.8 Å². The van der Waals surface area contributed by atoms with E-state index in [0.29, 0.717) is 6.54 Å². The second-order valence-corrected chi connectivity index (χ2v) is 4.84. The van der Waals surface area contributed by atoms with Crippen molar-refractivity contribution in [3.63, 3.8) is 0 Å². The first-order valence-electron chi connectivity index (χ1n) is 6.13. The minimum Gasteiger partial charge on any atom is -0.493 e. The van der Waals surface area contributed by atoms with Gasteiger partial charge >= 0.3 is 0 Å². The fraction of sp³-hybridized carbons (Fsp3) is 0.571. The third-order valence-corrected chi connectivity index (χ3v) is 3.26. The maximum absolute atomic E-state index is 5.89. The lowest BCUT2D eigenvalue weighted by Crippen LogP contribution is -2.07. The van der Waals surface area contributed by atoms with Gasteiger partial charge in [-0.2, -0.15) is 0 Å². The van der Waals surface area contributed by atoms with Crippen LogP contribution in [0.1, 0.15) is 29.5 Å². The number of rotatable bonds is 5. The SMILES string of the molecule is Cc1cc(CCN)c(OCC2CC2)cc1C. The summed E-state index contributed by atoms with van der Waals surface area (Å²) in [5.74, 6) is 1.84. The third kappa shape index (κ3) is 2.76. The molecule has 0 atom stereocenters. The number of nitrogens with two attached hydrogens (primary N) is 1. The fourth-order valence-corrected chi connectivity index (χ4v) is 1.83. The van der Waals surface area contributed by atoms with Crippen LogP contribution in [0.2, 0.25) is 0 Å². The van der Waals surface area contributed by atoms with Crippen LogP contribution in [0.25, 0.3) is 0 Å². The van der Waals surface area contributed by atoms with E-state index in [0.717, 1.165) is 24.7 Å². The Morgan fingerprint density at radius 1 is 1.25 bits per heavy atom. The van der Waals surface area contributed by atoms with Gasteiger partial charge in [-0.25, -0.2) is 0 Å². The molecular formula is C14H21NO. The summed E-state index contributed by atoms with van der Waals surface area (Å²) in [5, 5.41) is 0. The molecule has 1 aromatic carbocycles. The average Bonchev–Trinajstić information content (AvgIpc) is 3.05. The van der Waals surface area contributed by atoms with Crippen molar-refractivity contribution in [2.24, 2.45) is 11.7 Å². The average molecular weight is 219 g/mol. The summed E-state index contributed by atoms with van der Waals surface area (Å²) in [7, 11) is 0. The number of ether oxygens (including phenoxy) is 1. The molecule has 0 spiro atoms. The van der Waals surface area contributed by atoms with Gasteiger partial charge in [-0.3, -0.25) is 0 Å². The van der Waals surface area contributed by atoms with Gasteiger partial charge < -0.3 is 10.5 Å². The number of hydrogen-bond donors (Lipinski definition) is 1.